The number of benzene rings is 5. The third-order valence-corrected chi connectivity index (χ3v) is 4.72. The van der Waals surface area contributed by atoms with E-state index in [9.17, 15) is 4.79 Å². The van der Waals surface area contributed by atoms with Crippen LogP contribution in [-0.2, 0) is 4.79 Å². The van der Waals surface area contributed by atoms with E-state index in [0.29, 0.717) is 5.75 Å². The molecule has 0 heterocycles. The summed E-state index contributed by atoms with van der Waals surface area (Å²) in [5.74, 6) is 0.327. The fourth-order valence-corrected chi connectivity index (χ4v) is 3.77. The predicted molar refractivity (Wildman–Crippen MR) is 99.0 cm³/mol. The maximum atomic E-state index is 11.4. The lowest BCUT2D eigenvalue weighted by Crippen LogP contribution is -2.02. The first-order chi connectivity index (χ1) is 11.7. The van der Waals surface area contributed by atoms with Crippen LogP contribution in [0.25, 0.3) is 43.1 Å². The molecule has 5 aromatic rings. The molecule has 5 rings (SSSR count). The largest absolute Gasteiger partial charge is 0.426 e. The average molecular weight is 310 g/mol. The smallest absolute Gasteiger partial charge is 0.308 e. The summed E-state index contributed by atoms with van der Waals surface area (Å²) in [7, 11) is 0. The highest BCUT2D eigenvalue weighted by Crippen LogP contribution is 2.41. The Hall–Kier alpha value is -3.13. The molecule has 0 aromatic heterocycles. The van der Waals surface area contributed by atoms with Crippen LogP contribution >= 0.6 is 0 Å². The van der Waals surface area contributed by atoms with Gasteiger partial charge >= 0.3 is 5.97 Å². The van der Waals surface area contributed by atoms with Gasteiger partial charge in [-0.3, -0.25) is 4.79 Å². The van der Waals surface area contributed by atoms with Crippen LogP contribution in [0.5, 0.6) is 5.75 Å². The lowest BCUT2D eigenvalue weighted by Gasteiger charge is -2.15. The Morgan fingerprint density at radius 2 is 1.42 bits per heavy atom. The Morgan fingerprint density at radius 1 is 0.708 bits per heavy atom. The van der Waals surface area contributed by atoms with Crippen molar-refractivity contribution in [3.05, 3.63) is 66.7 Å². The lowest BCUT2D eigenvalue weighted by molar-refractivity contribution is -0.131. The fourth-order valence-electron chi connectivity index (χ4n) is 3.77. The van der Waals surface area contributed by atoms with Crippen molar-refractivity contribution < 1.29 is 9.53 Å². The zero-order chi connectivity index (χ0) is 16.3. The lowest BCUT2D eigenvalue weighted by atomic mass is 9.91. The van der Waals surface area contributed by atoms with Crippen molar-refractivity contribution in [2.45, 2.75) is 6.92 Å². The Bertz CT molecular complexity index is 1250. The molecule has 0 N–H and O–H groups in total. The van der Waals surface area contributed by atoms with E-state index in [2.05, 4.69) is 54.6 Å². The second kappa shape index (κ2) is 4.68. The molecule has 0 amide bonds. The predicted octanol–water partition coefficient (Wildman–Crippen LogP) is 5.66. The third-order valence-electron chi connectivity index (χ3n) is 4.72. The number of hydrogen-bond donors (Lipinski definition) is 0. The molecule has 24 heavy (non-hydrogen) atoms. The normalized spacial score (nSPS) is 11.7. The van der Waals surface area contributed by atoms with Gasteiger partial charge in [0.1, 0.15) is 5.75 Å². The number of carbonyl (C=O) groups excluding carboxylic acids is 1. The van der Waals surface area contributed by atoms with Gasteiger partial charge in [0.25, 0.3) is 0 Å². The molecule has 0 spiro atoms. The van der Waals surface area contributed by atoms with Gasteiger partial charge in [0.2, 0.25) is 0 Å². The summed E-state index contributed by atoms with van der Waals surface area (Å²) in [6.07, 6.45) is 0. The van der Waals surface area contributed by atoms with Crippen LogP contribution in [0.3, 0.4) is 0 Å². The molecule has 114 valence electrons. The fraction of sp³-hybridized carbons (Fsp3) is 0.0455. The van der Waals surface area contributed by atoms with E-state index in [0.717, 1.165) is 16.2 Å². The van der Waals surface area contributed by atoms with E-state index in [1.54, 1.807) is 0 Å². The molecule has 0 aliphatic carbocycles. The van der Waals surface area contributed by atoms with Crippen LogP contribution in [-0.4, -0.2) is 5.97 Å². The molecule has 2 nitrogen and oxygen atoms in total. The van der Waals surface area contributed by atoms with Crippen molar-refractivity contribution in [3.8, 4) is 5.75 Å². The van der Waals surface area contributed by atoms with E-state index < -0.39 is 0 Å². The van der Waals surface area contributed by atoms with E-state index in [1.165, 1.54) is 33.9 Å². The molecule has 2 heteroatoms. The molecular weight excluding hydrogens is 296 g/mol. The topological polar surface area (TPSA) is 26.3 Å². The SMILES string of the molecule is CC(=O)Oc1ccc2ccc3cc4ccccc4c4ccc1c2c34. The standard InChI is InChI=1S/C22H14O2/c1-13(23)24-20-11-8-14-6-7-16-12-15-4-2-3-5-17(15)18-9-10-19(20)21(14)22(16)18/h2-12H,1H3. The second-order valence-electron chi connectivity index (χ2n) is 6.18. The molecule has 0 radical (unpaired) electrons. The summed E-state index contributed by atoms with van der Waals surface area (Å²) in [5, 5.41) is 9.47. The number of hydrogen-bond acceptors (Lipinski definition) is 2. The maximum absolute atomic E-state index is 11.4. The molecule has 0 atom stereocenters. The van der Waals surface area contributed by atoms with Crippen LogP contribution in [0.4, 0.5) is 0 Å². The quantitative estimate of drug-likeness (QED) is 0.173. The van der Waals surface area contributed by atoms with Crippen molar-refractivity contribution in [2.24, 2.45) is 0 Å². The first-order valence-corrected chi connectivity index (χ1v) is 8.00. The van der Waals surface area contributed by atoms with Gasteiger partial charge in [-0.25, -0.2) is 0 Å². The highest BCUT2D eigenvalue weighted by atomic mass is 16.5. The van der Waals surface area contributed by atoms with Crippen LogP contribution in [0.15, 0.2) is 66.7 Å². The van der Waals surface area contributed by atoms with Crippen molar-refractivity contribution >= 4 is 49.1 Å². The first-order valence-electron chi connectivity index (χ1n) is 8.00. The molecule has 0 unspecified atom stereocenters. The van der Waals surface area contributed by atoms with Crippen molar-refractivity contribution in [3.63, 3.8) is 0 Å². The summed E-state index contributed by atoms with van der Waals surface area (Å²) < 4.78 is 5.42. The molecule has 0 aliphatic rings. The van der Waals surface area contributed by atoms with Gasteiger partial charge < -0.3 is 4.74 Å². The van der Waals surface area contributed by atoms with Gasteiger partial charge in [0.15, 0.2) is 0 Å². The zero-order valence-electron chi connectivity index (χ0n) is 13.2. The van der Waals surface area contributed by atoms with E-state index >= 15 is 0 Å². The summed E-state index contributed by atoms with van der Waals surface area (Å²) in [5.41, 5.74) is 0. The Balaban J connectivity index is 2.04. The minimum Gasteiger partial charge on any atom is -0.426 e. The number of ether oxygens (including phenoxy) is 1. The van der Waals surface area contributed by atoms with Crippen molar-refractivity contribution in [2.75, 3.05) is 0 Å². The molecule has 0 aliphatic heterocycles. The van der Waals surface area contributed by atoms with Gasteiger partial charge in [0.05, 0.1) is 0 Å². The second-order valence-corrected chi connectivity index (χ2v) is 6.18. The summed E-state index contributed by atoms with van der Waals surface area (Å²) in [4.78, 5) is 11.4. The van der Waals surface area contributed by atoms with E-state index in [4.69, 9.17) is 4.74 Å². The van der Waals surface area contributed by atoms with Gasteiger partial charge in [-0.05, 0) is 50.5 Å². The summed E-state index contributed by atoms with van der Waals surface area (Å²) in [6, 6.07) is 23.1. The Kier molecular flexibility index (Phi) is 2.60. The summed E-state index contributed by atoms with van der Waals surface area (Å²) >= 11 is 0. The van der Waals surface area contributed by atoms with E-state index in [-0.39, 0.29) is 5.97 Å². The number of fused-ring (bicyclic) bond motifs is 2. The number of carbonyl (C=O) groups is 1. The highest BCUT2D eigenvalue weighted by Gasteiger charge is 2.14. The van der Waals surface area contributed by atoms with Crippen LogP contribution in [0.1, 0.15) is 6.92 Å². The minimum atomic E-state index is -0.296. The maximum Gasteiger partial charge on any atom is 0.308 e. The third kappa shape index (κ3) is 1.74. The minimum absolute atomic E-state index is 0.296. The molecule has 0 saturated heterocycles. The summed E-state index contributed by atoms with van der Waals surface area (Å²) in [6.45, 7) is 1.44. The van der Waals surface area contributed by atoms with Crippen LogP contribution in [0.2, 0.25) is 0 Å². The van der Waals surface area contributed by atoms with Crippen LogP contribution in [0, 0.1) is 0 Å². The van der Waals surface area contributed by atoms with Crippen molar-refractivity contribution in [1.82, 2.24) is 0 Å². The molecule has 0 saturated carbocycles. The first kappa shape index (κ1) is 13.3. The molecule has 0 bridgehead atoms. The highest BCUT2D eigenvalue weighted by molar-refractivity contribution is 6.29. The zero-order valence-corrected chi connectivity index (χ0v) is 13.2. The van der Waals surface area contributed by atoms with Gasteiger partial charge in [0, 0.05) is 17.7 Å². The monoisotopic (exact) mass is 310 g/mol. The average Bonchev–Trinajstić information content (AvgIpc) is 2.60. The van der Waals surface area contributed by atoms with Crippen molar-refractivity contribution in [1.29, 1.82) is 0 Å². The van der Waals surface area contributed by atoms with Gasteiger partial charge in [-0.15, -0.1) is 0 Å². The van der Waals surface area contributed by atoms with E-state index in [1.807, 2.05) is 12.1 Å². The van der Waals surface area contributed by atoms with Gasteiger partial charge in [-0.1, -0.05) is 48.5 Å². The van der Waals surface area contributed by atoms with Gasteiger partial charge in [-0.2, -0.15) is 0 Å². The molecular formula is C22H14O2. The Morgan fingerprint density at radius 3 is 2.29 bits per heavy atom. The Labute approximate surface area is 138 Å². The number of rotatable bonds is 1. The molecule has 5 aromatic carbocycles. The number of esters is 1. The van der Waals surface area contributed by atoms with Crippen LogP contribution < -0.4 is 4.74 Å². The molecule has 0 fully saturated rings.